The highest BCUT2D eigenvalue weighted by molar-refractivity contribution is 7.99. The van der Waals surface area contributed by atoms with E-state index in [0.717, 1.165) is 39.8 Å². The Morgan fingerprint density at radius 3 is 2.65 bits per heavy atom. The van der Waals surface area contributed by atoms with Gasteiger partial charge in [-0.3, -0.25) is 0 Å². The Labute approximate surface area is 119 Å². The van der Waals surface area contributed by atoms with E-state index in [1.807, 2.05) is 35.9 Å². The SMILES string of the molecule is Cc1nc2ccccc2nc1Sc1nnnn1C1CC1. The first-order valence-corrected chi connectivity index (χ1v) is 7.32. The number of benzene rings is 1. The zero-order valence-electron chi connectivity index (χ0n) is 10.9. The fourth-order valence-corrected chi connectivity index (χ4v) is 2.92. The molecule has 2 aromatic heterocycles. The standard InChI is InChI=1S/C13H12N6S/c1-8-12(15-11-5-3-2-4-10(11)14-8)20-13-16-17-18-19(13)9-6-7-9/h2-5,9H,6-7H2,1H3. The van der Waals surface area contributed by atoms with Crippen molar-refractivity contribution in [1.29, 1.82) is 0 Å². The van der Waals surface area contributed by atoms with Crippen molar-refractivity contribution in [2.75, 3.05) is 0 Å². The lowest BCUT2D eigenvalue weighted by atomic mass is 10.3. The first kappa shape index (κ1) is 11.8. The summed E-state index contributed by atoms with van der Waals surface area (Å²) in [6.07, 6.45) is 2.31. The largest absolute Gasteiger partial charge is 0.249 e. The van der Waals surface area contributed by atoms with E-state index in [0.29, 0.717) is 6.04 Å². The van der Waals surface area contributed by atoms with Crippen LogP contribution in [0.3, 0.4) is 0 Å². The van der Waals surface area contributed by atoms with Crippen molar-refractivity contribution in [3.05, 3.63) is 30.0 Å². The molecule has 1 aromatic carbocycles. The molecular formula is C13H12N6S. The molecule has 2 heterocycles. The van der Waals surface area contributed by atoms with Crippen LogP contribution in [0.25, 0.3) is 11.0 Å². The molecule has 0 bridgehead atoms. The van der Waals surface area contributed by atoms with E-state index < -0.39 is 0 Å². The van der Waals surface area contributed by atoms with Crippen LogP contribution in [0.15, 0.2) is 34.4 Å². The average molecular weight is 284 g/mol. The van der Waals surface area contributed by atoms with E-state index >= 15 is 0 Å². The monoisotopic (exact) mass is 284 g/mol. The lowest BCUT2D eigenvalue weighted by Gasteiger charge is -2.05. The Bertz CT molecular complexity index is 779. The summed E-state index contributed by atoms with van der Waals surface area (Å²) in [6.45, 7) is 1.97. The maximum Gasteiger partial charge on any atom is 0.215 e. The van der Waals surface area contributed by atoms with Crippen molar-refractivity contribution in [3.63, 3.8) is 0 Å². The summed E-state index contributed by atoms with van der Waals surface area (Å²) in [5, 5.41) is 13.6. The van der Waals surface area contributed by atoms with Gasteiger partial charge in [-0.15, -0.1) is 5.10 Å². The van der Waals surface area contributed by atoms with Gasteiger partial charge in [-0.2, -0.15) is 0 Å². The van der Waals surface area contributed by atoms with Crippen LogP contribution < -0.4 is 0 Å². The van der Waals surface area contributed by atoms with Crippen molar-refractivity contribution in [3.8, 4) is 0 Å². The highest BCUT2D eigenvalue weighted by Crippen LogP contribution is 2.38. The maximum absolute atomic E-state index is 4.66. The molecule has 0 N–H and O–H groups in total. The molecule has 0 saturated heterocycles. The molecule has 0 radical (unpaired) electrons. The Hall–Kier alpha value is -2.02. The van der Waals surface area contributed by atoms with E-state index in [1.165, 1.54) is 11.8 Å². The third-order valence-electron chi connectivity index (χ3n) is 3.24. The van der Waals surface area contributed by atoms with Crippen LogP contribution in [0.5, 0.6) is 0 Å². The molecule has 0 atom stereocenters. The molecule has 3 aromatic rings. The van der Waals surface area contributed by atoms with Gasteiger partial charge in [0.15, 0.2) is 0 Å². The van der Waals surface area contributed by atoms with Crippen LogP contribution in [0, 0.1) is 6.92 Å². The smallest absolute Gasteiger partial charge is 0.215 e. The normalized spacial score (nSPS) is 14.8. The highest BCUT2D eigenvalue weighted by Gasteiger charge is 2.28. The molecule has 0 aliphatic heterocycles. The summed E-state index contributed by atoms with van der Waals surface area (Å²) in [5.41, 5.74) is 2.71. The number of tetrazole rings is 1. The molecule has 6 nitrogen and oxygen atoms in total. The van der Waals surface area contributed by atoms with Gasteiger partial charge in [0.2, 0.25) is 5.16 Å². The van der Waals surface area contributed by atoms with Crippen molar-refractivity contribution in [2.45, 2.75) is 36.0 Å². The van der Waals surface area contributed by atoms with Crippen LogP contribution in [-0.4, -0.2) is 30.2 Å². The Kier molecular flexibility index (Phi) is 2.66. The molecule has 100 valence electrons. The van der Waals surface area contributed by atoms with E-state index in [2.05, 4.69) is 25.5 Å². The van der Waals surface area contributed by atoms with E-state index in [4.69, 9.17) is 0 Å². The van der Waals surface area contributed by atoms with Crippen molar-refractivity contribution in [1.82, 2.24) is 30.2 Å². The average Bonchev–Trinajstić information content (AvgIpc) is 3.20. The highest BCUT2D eigenvalue weighted by atomic mass is 32.2. The molecule has 20 heavy (non-hydrogen) atoms. The molecule has 0 unspecified atom stereocenters. The zero-order chi connectivity index (χ0) is 13.5. The number of rotatable bonds is 3. The summed E-state index contributed by atoms with van der Waals surface area (Å²) in [4.78, 5) is 9.25. The quantitative estimate of drug-likeness (QED) is 0.735. The molecule has 1 aliphatic carbocycles. The van der Waals surface area contributed by atoms with Crippen molar-refractivity contribution >= 4 is 22.8 Å². The molecule has 1 saturated carbocycles. The van der Waals surface area contributed by atoms with Crippen LogP contribution in [0.1, 0.15) is 24.6 Å². The van der Waals surface area contributed by atoms with Gasteiger partial charge in [-0.1, -0.05) is 12.1 Å². The Balaban J connectivity index is 1.74. The molecule has 0 spiro atoms. The summed E-state index contributed by atoms with van der Waals surface area (Å²) in [6, 6.07) is 8.33. The van der Waals surface area contributed by atoms with Crippen LogP contribution >= 0.6 is 11.8 Å². The van der Waals surface area contributed by atoms with Crippen LogP contribution in [-0.2, 0) is 0 Å². The second-order valence-electron chi connectivity index (χ2n) is 4.84. The van der Waals surface area contributed by atoms with Gasteiger partial charge in [-0.05, 0) is 54.1 Å². The summed E-state index contributed by atoms with van der Waals surface area (Å²) in [5.74, 6) is 0. The Morgan fingerprint density at radius 1 is 1.15 bits per heavy atom. The van der Waals surface area contributed by atoms with Crippen LogP contribution in [0.4, 0.5) is 0 Å². The van der Waals surface area contributed by atoms with E-state index in [1.54, 1.807) is 0 Å². The van der Waals surface area contributed by atoms with Gasteiger partial charge < -0.3 is 0 Å². The number of hydrogen-bond donors (Lipinski definition) is 0. The first-order chi connectivity index (χ1) is 9.81. The number of aryl methyl sites for hydroxylation is 1. The molecule has 0 amide bonds. The number of hydrogen-bond acceptors (Lipinski definition) is 6. The first-order valence-electron chi connectivity index (χ1n) is 6.50. The van der Waals surface area contributed by atoms with Gasteiger partial charge in [0, 0.05) is 0 Å². The van der Waals surface area contributed by atoms with E-state index in [9.17, 15) is 0 Å². The maximum atomic E-state index is 4.66. The fourth-order valence-electron chi connectivity index (χ4n) is 2.06. The minimum Gasteiger partial charge on any atom is -0.249 e. The van der Waals surface area contributed by atoms with Crippen molar-refractivity contribution < 1.29 is 0 Å². The third-order valence-corrected chi connectivity index (χ3v) is 4.28. The van der Waals surface area contributed by atoms with E-state index in [-0.39, 0.29) is 0 Å². The van der Waals surface area contributed by atoms with Crippen molar-refractivity contribution in [2.24, 2.45) is 0 Å². The van der Waals surface area contributed by atoms with Crippen LogP contribution in [0.2, 0.25) is 0 Å². The predicted molar refractivity (Wildman–Crippen MR) is 74.5 cm³/mol. The van der Waals surface area contributed by atoms with Gasteiger partial charge in [-0.25, -0.2) is 14.6 Å². The number of nitrogens with zero attached hydrogens (tertiary/aromatic N) is 6. The van der Waals surface area contributed by atoms with Gasteiger partial charge >= 0.3 is 0 Å². The predicted octanol–water partition coefficient (Wildman–Crippen LogP) is 2.41. The van der Waals surface area contributed by atoms with Gasteiger partial charge in [0.1, 0.15) is 5.03 Å². The number of para-hydroxylation sites is 2. The minimum atomic E-state index is 0.459. The second-order valence-corrected chi connectivity index (χ2v) is 5.80. The van der Waals surface area contributed by atoms with Gasteiger partial charge in [0.05, 0.1) is 22.8 Å². The lowest BCUT2D eigenvalue weighted by molar-refractivity contribution is 0.565. The summed E-state index contributed by atoms with van der Waals surface area (Å²) >= 11 is 1.48. The molecular weight excluding hydrogens is 272 g/mol. The fraction of sp³-hybridized carbons (Fsp3) is 0.308. The third kappa shape index (κ3) is 2.03. The Morgan fingerprint density at radius 2 is 1.90 bits per heavy atom. The minimum absolute atomic E-state index is 0.459. The molecule has 4 rings (SSSR count). The molecule has 7 heteroatoms. The molecule has 1 fully saturated rings. The second kappa shape index (κ2) is 4.52. The van der Waals surface area contributed by atoms with Gasteiger partial charge in [0.25, 0.3) is 0 Å². The summed E-state index contributed by atoms with van der Waals surface area (Å²) < 4.78 is 1.89. The molecule has 1 aliphatic rings. The lowest BCUT2D eigenvalue weighted by Crippen LogP contribution is -2.00. The zero-order valence-corrected chi connectivity index (χ0v) is 11.7. The number of aromatic nitrogens is 6. The number of fused-ring (bicyclic) bond motifs is 1. The summed E-state index contributed by atoms with van der Waals surface area (Å²) in [7, 11) is 0. The topological polar surface area (TPSA) is 69.4 Å².